The van der Waals surface area contributed by atoms with Gasteiger partial charge in [-0.25, -0.2) is 22.2 Å². The molecule has 0 aliphatic rings. The fourth-order valence-corrected chi connectivity index (χ4v) is 4.07. The van der Waals surface area contributed by atoms with Crippen LogP contribution in [0.2, 0.25) is 0 Å². The zero-order valence-electron chi connectivity index (χ0n) is 14.8. The molecule has 6 nitrogen and oxygen atoms in total. The Balaban J connectivity index is 2.00. The van der Waals surface area contributed by atoms with E-state index in [4.69, 9.17) is 0 Å². The molecule has 0 atom stereocenters. The Kier molecular flexibility index (Phi) is 6.03. The smallest absolute Gasteiger partial charge is 0.340 e. The number of aromatic nitrogens is 3. The minimum absolute atomic E-state index is 0.0427. The van der Waals surface area contributed by atoms with E-state index in [1.807, 2.05) is 22.6 Å². The number of hydrogen-bond acceptors (Lipinski definition) is 5. The van der Waals surface area contributed by atoms with Gasteiger partial charge in [0, 0.05) is 9.77 Å². The number of fused-ring (bicyclic) bond motifs is 1. The van der Waals surface area contributed by atoms with E-state index in [2.05, 4.69) is 14.7 Å². The first-order valence-corrected chi connectivity index (χ1v) is 10.9. The second-order valence-electron chi connectivity index (χ2n) is 5.97. The van der Waals surface area contributed by atoms with Crippen molar-refractivity contribution in [2.45, 2.75) is 24.3 Å². The number of hydrogen-bond donors (Lipinski definition) is 0. The first kappa shape index (κ1) is 21.7. The van der Waals surface area contributed by atoms with Crippen LogP contribution in [0.1, 0.15) is 6.92 Å². The van der Waals surface area contributed by atoms with Gasteiger partial charge in [0.2, 0.25) is 0 Å². The molecule has 0 unspecified atom stereocenters. The van der Waals surface area contributed by atoms with E-state index >= 15 is 0 Å². The number of alkyl halides is 4. The summed E-state index contributed by atoms with van der Waals surface area (Å²) >= 11 is 2.04. The number of rotatable bonds is 7. The van der Waals surface area contributed by atoms with Crippen LogP contribution in [0.3, 0.4) is 0 Å². The van der Waals surface area contributed by atoms with Gasteiger partial charge in [0.05, 0.1) is 17.6 Å². The van der Waals surface area contributed by atoms with Crippen LogP contribution >= 0.6 is 22.6 Å². The molecule has 0 aliphatic carbocycles. The molecule has 0 N–H and O–H groups in total. The molecule has 0 spiro atoms. The molecule has 12 heteroatoms. The van der Waals surface area contributed by atoms with Gasteiger partial charge in [-0.2, -0.15) is 8.78 Å². The third-order valence-corrected chi connectivity index (χ3v) is 6.32. The maximum atomic E-state index is 13.0. The summed E-state index contributed by atoms with van der Waals surface area (Å²) in [6.45, 7) is -0.00603. The minimum Gasteiger partial charge on any atom is -0.485 e. The number of ether oxygens (including phenoxy) is 1. The molecule has 156 valence electrons. The van der Waals surface area contributed by atoms with Crippen molar-refractivity contribution >= 4 is 38.1 Å². The van der Waals surface area contributed by atoms with E-state index in [0.717, 1.165) is 9.77 Å². The van der Waals surface area contributed by atoms with Crippen LogP contribution in [0.25, 0.3) is 17.0 Å². The maximum Gasteiger partial charge on any atom is 0.340 e. The van der Waals surface area contributed by atoms with Crippen LogP contribution in [-0.2, 0) is 9.84 Å². The van der Waals surface area contributed by atoms with Crippen LogP contribution in [-0.4, -0.2) is 47.5 Å². The molecule has 3 aromatic heterocycles. The van der Waals surface area contributed by atoms with Gasteiger partial charge >= 0.3 is 12.3 Å². The summed E-state index contributed by atoms with van der Waals surface area (Å²) in [5, 5.41) is -0.0427. The van der Waals surface area contributed by atoms with Gasteiger partial charge < -0.3 is 4.74 Å². The van der Waals surface area contributed by atoms with Gasteiger partial charge in [-0.1, -0.05) is 6.92 Å². The lowest BCUT2D eigenvalue weighted by atomic mass is 10.3. The topological polar surface area (TPSA) is 73.6 Å². The second-order valence-corrected chi connectivity index (χ2v) is 9.41. The predicted octanol–water partition coefficient (Wildman–Crippen LogP) is 4.07. The summed E-state index contributed by atoms with van der Waals surface area (Å²) in [7, 11) is -3.68. The van der Waals surface area contributed by atoms with E-state index in [-0.39, 0.29) is 27.9 Å². The van der Waals surface area contributed by atoms with Gasteiger partial charge in [-0.3, -0.25) is 9.38 Å². The molecule has 29 heavy (non-hydrogen) atoms. The Labute approximate surface area is 177 Å². The molecule has 3 rings (SSSR count). The highest BCUT2D eigenvalue weighted by molar-refractivity contribution is 14.1. The number of imidazole rings is 1. The Bertz CT molecular complexity index is 1130. The Morgan fingerprint density at radius 3 is 2.55 bits per heavy atom. The summed E-state index contributed by atoms with van der Waals surface area (Å²) in [5.41, 5.74) is 0.660. The fraction of sp³-hybridized carbons (Fsp3) is 0.294. The van der Waals surface area contributed by atoms with Gasteiger partial charge in [0.25, 0.3) is 0 Å². The normalized spacial score (nSPS) is 12.7. The van der Waals surface area contributed by atoms with Crippen LogP contribution in [0.15, 0.2) is 41.7 Å². The van der Waals surface area contributed by atoms with E-state index in [1.165, 1.54) is 23.5 Å². The van der Waals surface area contributed by atoms with Gasteiger partial charge in [0.1, 0.15) is 17.1 Å². The first-order valence-electron chi connectivity index (χ1n) is 8.20. The highest BCUT2D eigenvalue weighted by Gasteiger charge is 2.41. The average molecular weight is 543 g/mol. The summed E-state index contributed by atoms with van der Waals surface area (Å²) < 4.78 is 82.6. The highest BCUT2D eigenvalue weighted by atomic mass is 127. The van der Waals surface area contributed by atoms with Crippen molar-refractivity contribution in [2.24, 2.45) is 0 Å². The van der Waals surface area contributed by atoms with E-state index < -0.39 is 28.8 Å². The lowest BCUT2D eigenvalue weighted by Crippen LogP contribution is -2.33. The summed E-state index contributed by atoms with van der Waals surface area (Å²) in [6.07, 6.45) is -1.18. The molecule has 0 aromatic carbocycles. The van der Waals surface area contributed by atoms with E-state index in [9.17, 15) is 26.0 Å². The van der Waals surface area contributed by atoms with Gasteiger partial charge in [0.15, 0.2) is 21.5 Å². The Hall–Kier alpha value is -1.96. The largest absolute Gasteiger partial charge is 0.485 e. The van der Waals surface area contributed by atoms with Crippen LogP contribution in [0, 0.1) is 3.57 Å². The van der Waals surface area contributed by atoms with Crippen molar-refractivity contribution in [3.8, 4) is 17.1 Å². The molecular formula is C17H14F4IN3O3S. The lowest BCUT2D eigenvalue weighted by molar-refractivity contribution is -0.148. The molecular weight excluding hydrogens is 529 g/mol. The molecule has 0 radical (unpaired) electrons. The number of halogens is 5. The first-order chi connectivity index (χ1) is 13.5. The SMILES string of the molecule is CCS(=O)(=O)c1c(-c2ccc(OCC(F)(F)C(F)F)cn2)nc2ccc(I)cn12. The molecule has 0 amide bonds. The summed E-state index contributed by atoms with van der Waals surface area (Å²) in [6, 6.07) is 5.99. The van der Waals surface area contributed by atoms with Gasteiger partial charge in [-0.15, -0.1) is 0 Å². The van der Waals surface area contributed by atoms with Crippen molar-refractivity contribution in [1.29, 1.82) is 0 Å². The van der Waals surface area contributed by atoms with Crippen LogP contribution in [0.5, 0.6) is 5.75 Å². The number of nitrogens with zero attached hydrogens (tertiary/aromatic N) is 3. The summed E-state index contributed by atoms with van der Waals surface area (Å²) in [4.78, 5) is 8.36. The Morgan fingerprint density at radius 2 is 1.97 bits per heavy atom. The number of pyridine rings is 2. The molecule has 0 saturated heterocycles. The van der Waals surface area contributed by atoms with Gasteiger partial charge in [-0.05, 0) is 46.9 Å². The molecule has 0 saturated carbocycles. The highest BCUT2D eigenvalue weighted by Crippen LogP contribution is 2.30. The van der Waals surface area contributed by atoms with Crippen LogP contribution < -0.4 is 4.74 Å². The standard InChI is InChI=1S/C17H14F4IN3O3S/c1-2-29(26,27)15-14(24-13-6-3-10(22)8-25(13)15)12-5-4-11(7-23-12)28-9-17(20,21)16(18)19/h3-8,16H,2,9H2,1H3. The van der Waals surface area contributed by atoms with Crippen molar-refractivity contribution < 1.29 is 30.7 Å². The predicted molar refractivity (Wildman–Crippen MR) is 105 cm³/mol. The average Bonchev–Trinajstić information content (AvgIpc) is 3.06. The summed E-state index contributed by atoms with van der Waals surface area (Å²) in [5.74, 6) is -4.62. The zero-order chi connectivity index (χ0) is 21.4. The fourth-order valence-electron chi connectivity index (χ4n) is 2.45. The molecule has 3 aromatic rings. The lowest BCUT2D eigenvalue weighted by Gasteiger charge is -2.15. The third-order valence-electron chi connectivity index (χ3n) is 3.94. The minimum atomic E-state index is -4.29. The molecule has 0 bridgehead atoms. The van der Waals surface area contributed by atoms with Crippen molar-refractivity contribution in [1.82, 2.24) is 14.4 Å². The monoisotopic (exact) mass is 543 g/mol. The molecule has 0 aliphatic heterocycles. The van der Waals surface area contributed by atoms with Crippen molar-refractivity contribution in [2.75, 3.05) is 12.4 Å². The Morgan fingerprint density at radius 1 is 1.24 bits per heavy atom. The van der Waals surface area contributed by atoms with E-state index in [0.29, 0.717) is 5.65 Å². The van der Waals surface area contributed by atoms with Crippen molar-refractivity contribution in [3.63, 3.8) is 0 Å². The quantitative estimate of drug-likeness (QED) is 0.332. The van der Waals surface area contributed by atoms with Crippen molar-refractivity contribution in [3.05, 3.63) is 40.2 Å². The molecule has 0 fully saturated rings. The number of sulfone groups is 1. The zero-order valence-corrected chi connectivity index (χ0v) is 17.8. The van der Waals surface area contributed by atoms with Crippen LogP contribution in [0.4, 0.5) is 17.6 Å². The third kappa shape index (κ3) is 4.47. The maximum absolute atomic E-state index is 13.0. The van der Waals surface area contributed by atoms with E-state index in [1.54, 1.807) is 18.3 Å². The molecule has 3 heterocycles. The second kappa shape index (κ2) is 8.05.